The Morgan fingerprint density at radius 3 is 2.52 bits per heavy atom. The first-order chi connectivity index (χ1) is 10.8. The molecule has 0 spiro atoms. The number of hydrogen-bond acceptors (Lipinski definition) is 5. The van der Waals surface area contributed by atoms with E-state index in [1.165, 1.54) is 0 Å². The normalized spacial score (nSPS) is 17.4. The summed E-state index contributed by atoms with van der Waals surface area (Å²) in [6, 6.07) is 2.98. The van der Waals surface area contributed by atoms with E-state index < -0.39 is 12.6 Å². The summed E-state index contributed by atoms with van der Waals surface area (Å²) in [4.78, 5) is 11.9. The number of ether oxygens (including phenoxy) is 2. The second-order valence-electron chi connectivity index (χ2n) is 4.64. The maximum absolute atomic E-state index is 12.4. The van der Waals surface area contributed by atoms with Gasteiger partial charge in [-0.1, -0.05) is 0 Å². The molecule has 0 amide bonds. The fourth-order valence-electron chi connectivity index (χ4n) is 2.05. The Morgan fingerprint density at radius 2 is 2.00 bits per heavy atom. The van der Waals surface area contributed by atoms with Gasteiger partial charge in [0.2, 0.25) is 0 Å². The number of anilines is 1. The van der Waals surface area contributed by atoms with Gasteiger partial charge in [0.05, 0.1) is 32.9 Å². The van der Waals surface area contributed by atoms with E-state index in [1.54, 1.807) is 30.3 Å². The van der Waals surface area contributed by atoms with Crippen LogP contribution in [0.5, 0.6) is 5.75 Å². The number of nitrogens with zero attached hydrogens (tertiary/aromatic N) is 1. The van der Waals surface area contributed by atoms with Crippen molar-refractivity contribution in [2.75, 3.05) is 11.6 Å². The molecule has 1 N–H and O–H groups in total. The average Bonchev–Trinajstić information content (AvgIpc) is 2.85. The summed E-state index contributed by atoms with van der Waals surface area (Å²) in [5, 5.41) is 1.62. The first-order valence-electron chi connectivity index (χ1n) is 6.71. The minimum Gasteiger partial charge on any atom is -0.463 e. The van der Waals surface area contributed by atoms with Crippen LogP contribution in [-0.2, 0) is 9.53 Å². The van der Waals surface area contributed by atoms with Crippen LogP contribution in [0, 0.1) is 0 Å². The molecule has 1 aliphatic rings. The van der Waals surface area contributed by atoms with Crippen molar-refractivity contribution in [2.24, 2.45) is 0 Å². The summed E-state index contributed by atoms with van der Waals surface area (Å²) in [7, 11) is 0. The fraction of sp³-hybridized carbons (Fsp3) is 0.357. The molecule has 0 bridgehead atoms. The lowest BCUT2D eigenvalue weighted by atomic mass is 10.2. The van der Waals surface area contributed by atoms with Gasteiger partial charge in [-0.15, -0.1) is 0 Å². The van der Waals surface area contributed by atoms with Gasteiger partial charge in [-0.05, 0) is 57.8 Å². The predicted octanol–water partition coefficient (Wildman–Crippen LogP) is 3.97. The highest BCUT2D eigenvalue weighted by Gasteiger charge is 2.28. The van der Waals surface area contributed by atoms with Crippen molar-refractivity contribution in [3.63, 3.8) is 0 Å². The van der Waals surface area contributed by atoms with Crippen LogP contribution in [-0.4, -0.2) is 25.2 Å². The smallest absolute Gasteiger partial charge is 0.387 e. The zero-order valence-electron chi connectivity index (χ0n) is 12.3. The van der Waals surface area contributed by atoms with E-state index in [4.69, 9.17) is 4.74 Å². The molecule has 0 aliphatic carbocycles. The van der Waals surface area contributed by atoms with Gasteiger partial charge in [-0.2, -0.15) is 8.78 Å². The van der Waals surface area contributed by atoms with Crippen LogP contribution < -0.4 is 15.2 Å². The molecular weight excluding hydrogens is 442 g/mol. The summed E-state index contributed by atoms with van der Waals surface area (Å²) < 4.78 is 35.0. The third kappa shape index (κ3) is 4.21. The molecule has 23 heavy (non-hydrogen) atoms. The molecule has 0 saturated heterocycles. The van der Waals surface area contributed by atoms with Gasteiger partial charge in [0, 0.05) is 6.20 Å². The van der Waals surface area contributed by atoms with Gasteiger partial charge >= 0.3 is 12.6 Å². The van der Waals surface area contributed by atoms with Gasteiger partial charge in [-0.3, -0.25) is 5.01 Å². The van der Waals surface area contributed by atoms with Crippen molar-refractivity contribution in [3.8, 4) is 5.75 Å². The van der Waals surface area contributed by atoms with Gasteiger partial charge in [-0.25, -0.2) is 10.2 Å². The number of hydrazine groups is 1. The van der Waals surface area contributed by atoms with Crippen molar-refractivity contribution < 1.29 is 23.0 Å². The van der Waals surface area contributed by atoms with Crippen LogP contribution in [0.4, 0.5) is 14.5 Å². The number of carbonyl (C=O) groups excluding carboxylic acids is 1. The Hall–Kier alpha value is -1.19. The molecule has 0 aromatic heterocycles. The number of hydrogen-bond donors (Lipinski definition) is 1. The Bertz CT molecular complexity index is 617. The maximum Gasteiger partial charge on any atom is 0.387 e. The fourth-order valence-corrected chi connectivity index (χ4v) is 3.40. The predicted molar refractivity (Wildman–Crippen MR) is 88.3 cm³/mol. The lowest BCUT2D eigenvalue weighted by molar-refractivity contribution is -0.138. The first kappa shape index (κ1) is 18.2. The van der Waals surface area contributed by atoms with Crippen LogP contribution >= 0.6 is 31.9 Å². The number of carbonyl (C=O) groups is 1. The first-order valence-corrected chi connectivity index (χ1v) is 8.30. The van der Waals surface area contributed by atoms with Crippen LogP contribution in [0.15, 0.2) is 32.9 Å². The van der Waals surface area contributed by atoms with Crippen molar-refractivity contribution in [3.05, 3.63) is 32.9 Å². The third-order valence-corrected chi connectivity index (χ3v) is 4.22. The summed E-state index contributed by atoms with van der Waals surface area (Å²) >= 11 is 6.40. The van der Waals surface area contributed by atoms with Crippen LogP contribution in [0.25, 0.3) is 0 Å². The van der Waals surface area contributed by atoms with Crippen molar-refractivity contribution >= 4 is 43.5 Å². The lowest BCUT2D eigenvalue weighted by Crippen LogP contribution is -2.35. The quantitative estimate of drug-likeness (QED) is 0.680. The van der Waals surface area contributed by atoms with Crippen LogP contribution in [0.1, 0.15) is 13.8 Å². The molecule has 9 heteroatoms. The molecule has 1 aromatic rings. The van der Waals surface area contributed by atoms with E-state index in [-0.39, 0.29) is 11.8 Å². The summed E-state index contributed by atoms with van der Waals surface area (Å²) in [5.41, 5.74) is 4.20. The molecule has 5 nitrogen and oxygen atoms in total. The zero-order chi connectivity index (χ0) is 17.1. The second-order valence-corrected chi connectivity index (χ2v) is 6.35. The van der Waals surface area contributed by atoms with E-state index in [1.807, 2.05) is 6.92 Å². The number of esters is 1. The minimum absolute atomic E-state index is 0.00518. The monoisotopic (exact) mass is 454 g/mol. The van der Waals surface area contributed by atoms with Gasteiger partial charge in [0.25, 0.3) is 0 Å². The summed E-state index contributed by atoms with van der Waals surface area (Å²) in [5.74, 6) is -0.392. The molecule has 2 rings (SSSR count). The van der Waals surface area contributed by atoms with Gasteiger partial charge in [0.15, 0.2) is 5.75 Å². The van der Waals surface area contributed by atoms with E-state index in [2.05, 4.69) is 42.0 Å². The molecule has 1 aliphatic heterocycles. The Kier molecular flexibility index (Phi) is 5.99. The lowest BCUT2D eigenvalue weighted by Gasteiger charge is -2.20. The highest BCUT2D eigenvalue weighted by molar-refractivity contribution is 9.11. The molecule has 0 saturated carbocycles. The van der Waals surface area contributed by atoms with E-state index in [0.717, 1.165) is 0 Å². The molecule has 1 unspecified atom stereocenters. The molecule has 0 radical (unpaired) electrons. The largest absolute Gasteiger partial charge is 0.463 e. The summed E-state index contributed by atoms with van der Waals surface area (Å²) in [6.07, 6.45) is 1.62. The maximum atomic E-state index is 12.4. The van der Waals surface area contributed by atoms with Crippen molar-refractivity contribution in [2.45, 2.75) is 26.5 Å². The number of benzene rings is 1. The highest BCUT2D eigenvalue weighted by Crippen LogP contribution is 2.39. The Morgan fingerprint density at radius 1 is 1.39 bits per heavy atom. The van der Waals surface area contributed by atoms with Crippen LogP contribution in [0.3, 0.4) is 0 Å². The minimum atomic E-state index is -2.92. The molecule has 1 aromatic carbocycles. The number of halogens is 4. The number of rotatable bonds is 5. The molecule has 1 atom stereocenters. The van der Waals surface area contributed by atoms with Crippen molar-refractivity contribution in [1.82, 2.24) is 5.43 Å². The van der Waals surface area contributed by atoms with E-state index >= 15 is 0 Å². The molecule has 1 heterocycles. The second kappa shape index (κ2) is 7.59. The number of nitrogens with one attached hydrogen (secondary N) is 1. The summed E-state index contributed by atoms with van der Waals surface area (Å²) in [6.45, 7) is 0.925. The zero-order valence-corrected chi connectivity index (χ0v) is 15.4. The van der Waals surface area contributed by atoms with E-state index in [0.29, 0.717) is 26.8 Å². The average molecular weight is 456 g/mol. The third-order valence-electron chi connectivity index (χ3n) is 3.05. The topological polar surface area (TPSA) is 50.8 Å². The molecule has 0 fully saturated rings. The standard InChI is InChI=1S/C14H14Br2F2N2O3/c1-3-22-13(21)9-6-20(19-7(9)2)8-4-10(15)12(11(16)5-8)23-14(17)18/h4-7,14,19H,3H2,1-2H3. The van der Waals surface area contributed by atoms with Gasteiger partial charge in [0.1, 0.15) is 0 Å². The highest BCUT2D eigenvalue weighted by atomic mass is 79.9. The Balaban J connectivity index is 2.28. The van der Waals surface area contributed by atoms with Crippen LogP contribution in [0.2, 0.25) is 0 Å². The molecular formula is C14H14Br2F2N2O3. The number of alkyl halides is 2. The SMILES string of the molecule is CCOC(=O)C1=CN(c2cc(Br)c(OC(F)F)c(Br)c2)NC1C. The Labute approximate surface area is 148 Å². The molecule has 126 valence electrons. The van der Waals surface area contributed by atoms with Gasteiger partial charge < -0.3 is 9.47 Å². The van der Waals surface area contributed by atoms with Crippen molar-refractivity contribution in [1.29, 1.82) is 0 Å². The van der Waals surface area contributed by atoms with E-state index in [9.17, 15) is 13.6 Å².